The van der Waals surface area contributed by atoms with Crippen molar-refractivity contribution in [3.8, 4) is 5.75 Å². The minimum atomic E-state index is -0.528. The van der Waals surface area contributed by atoms with Crippen molar-refractivity contribution < 1.29 is 19.8 Å². The van der Waals surface area contributed by atoms with Gasteiger partial charge in [0.2, 0.25) is 5.91 Å². The van der Waals surface area contributed by atoms with Crippen molar-refractivity contribution in [3.63, 3.8) is 0 Å². The van der Waals surface area contributed by atoms with E-state index < -0.39 is 6.10 Å². The molecule has 2 saturated heterocycles. The summed E-state index contributed by atoms with van der Waals surface area (Å²) in [5.74, 6) is 0.0395. The Balaban J connectivity index is 1.66. The number of aliphatic hydroxyl groups is 1. The predicted octanol–water partition coefficient (Wildman–Crippen LogP) is 1.93. The number of likely N-dealkylation sites (tertiary alicyclic amines) is 2. The van der Waals surface area contributed by atoms with E-state index in [0.29, 0.717) is 43.7 Å². The van der Waals surface area contributed by atoms with E-state index in [1.54, 1.807) is 41.8 Å². The number of phenolic OH excluding ortho intramolecular Hbond substituents is 1. The highest BCUT2D eigenvalue weighted by Crippen LogP contribution is 2.40. The normalized spacial score (nSPS) is 21.1. The highest BCUT2D eigenvalue weighted by Gasteiger charge is 2.42. The van der Waals surface area contributed by atoms with E-state index >= 15 is 0 Å². The molecule has 0 radical (unpaired) electrons. The fourth-order valence-corrected chi connectivity index (χ4v) is 4.18. The predicted molar refractivity (Wildman–Crippen MR) is 97.9 cm³/mol. The van der Waals surface area contributed by atoms with E-state index in [9.17, 15) is 19.8 Å². The van der Waals surface area contributed by atoms with Gasteiger partial charge in [-0.1, -0.05) is 12.1 Å². The van der Waals surface area contributed by atoms with E-state index in [2.05, 4.69) is 0 Å². The van der Waals surface area contributed by atoms with Crippen molar-refractivity contribution in [2.45, 2.75) is 45.6 Å². The van der Waals surface area contributed by atoms with Gasteiger partial charge in [0.15, 0.2) is 0 Å². The number of carbonyl (C=O) groups is 2. The SMILES string of the molecule is Cc1cccc(C(=O)N2CCC3(CCC(=O)N(CC(C)O)C3)CC2)c1O. The third-order valence-corrected chi connectivity index (χ3v) is 5.81. The highest BCUT2D eigenvalue weighted by atomic mass is 16.3. The summed E-state index contributed by atoms with van der Waals surface area (Å²) in [6.45, 7) is 5.78. The van der Waals surface area contributed by atoms with Gasteiger partial charge in [0.25, 0.3) is 5.91 Å². The third kappa shape index (κ3) is 3.70. The number of hydrogen-bond acceptors (Lipinski definition) is 4. The van der Waals surface area contributed by atoms with Crippen molar-refractivity contribution in [2.75, 3.05) is 26.2 Å². The van der Waals surface area contributed by atoms with Crippen molar-refractivity contribution in [1.29, 1.82) is 0 Å². The quantitative estimate of drug-likeness (QED) is 0.863. The molecular weight excluding hydrogens is 332 g/mol. The molecule has 1 aromatic rings. The van der Waals surface area contributed by atoms with Gasteiger partial charge >= 0.3 is 0 Å². The molecule has 1 unspecified atom stereocenters. The second kappa shape index (κ2) is 7.27. The summed E-state index contributed by atoms with van der Waals surface area (Å²) in [5, 5.41) is 19.8. The molecule has 0 aromatic heterocycles. The summed E-state index contributed by atoms with van der Waals surface area (Å²) < 4.78 is 0. The molecule has 3 rings (SSSR count). The van der Waals surface area contributed by atoms with Crippen LogP contribution in [-0.2, 0) is 4.79 Å². The topological polar surface area (TPSA) is 81.1 Å². The molecule has 2 heterocycles. The van der Waals surface area contributed by atoms with E-state index in [1.807, 2.05) is 0 Å². The number of benzene rings is 1. The molecule has 2 aliphatic rings. The highest BCUT2D eigenvalue weighted by molar-refractivity contribution is 5.97. The van der Waals surface area contributed by atoms with Gasteiger partial charge < -0.3 is 20.0 Å². The zero-order valence-electron chi connectivity index (χ0n) is 15.6. The van der Waals surface area contributed by atoms with Crippen LogP contribution in [0.4, 0.5) is 0 Å². The number of nitrogens with zero attached hydrogens (tertiary/aromatic N) is 2. The third-order valence-electron chi connectivity index (χ3n) is 5.81. The summed E-state index contributed by atoms with van der Waals surface area (Å²) in [7, 11) is 0. The van der Waals surface area contributed by atoms with Crippen LogP contribution in [0.3, 0.4) is 0 Å². The molecular formula is C20H28N2O4. The van der Waals surface area contributed by atoms with Gasteiger partial charge in [0, 0.05) is 32.6 Å². The van der Waals surface area contributed by atoms with Gasteiger partial charge in [-0.05, 0) is 50.2 Å². The maximum Gasteiger partial charge on any atom is 0.257 e. The first-order chi connectivity index (χ1) is 12.3. The first-order valence-corrected chi connectivity index (χ1v) is 9.35. The Bertz CT molecular complexity index is 693. The van der Waals surface area contributed by atoms with Crippen molar-refractivity contribution in [2.24, 2.45) is 5.41 Å². The fraction of sp³-hybridized carbons (Fsp3) is 0.600. The molecule has 1 aromatic carbocycles. The molecule has 1 atom stereocenters. The monoisotopic (exact) mass is 360 g/mol. The van der Waals surface area contributed by atoms with Crippen molar-refractivity contribution in [1.82, 2.24) is 9.80 Å². The molecule has 1 spiro atoms. The Labute approximate surface area is 154 Å². The van der Waals surface area contributed by atoms with E-state index in [1.165, 1.54) is 0 Å². The zero-order chi connectivity index (χ0) is 18.9. The van der Waals surface area contributed by atoms with Crippen LogP contribution in [0.25, 0.3) is 0 Å². The van der Waals surface area contributed by atoms with Crippen LogP contribution < -0.4 is 0 Å². The molecule has 2 N–H and O–H groups in total. The number of amides is 2. The van der Waals surface area contributed by atoms with Crippen LogP contribution >= 0.6 is 0 Å². The molecule has 2 amide bonds. The lowest BCUT2D eigenvalue weighted by Crippen LogP contribution is -2.53. The average molecular weight is 360 g/mol. The number of para-hydroxylation sites is 1. The summed E-state index contributed by atoms with van der Waals surface area (Å²) in [5.41, 5.74) is 1.09. The van der Waals surface area contributed by atoms with Gasteiger partial charge in [-0.15, -0.1) is 0 Å². The maximum atomic E-state index is 12.8. The Morgan fingerprint density at radius 2 is 1.96 bits per heavy atom. The molecule has 0 aliphatic carbocycles. The summed E-state index contributed by atoms with van der Waals surface area (Å²) in [6, 6.07) is 5.24. The molecule has 6 heteroatoms. The summed E-state index contributed by atoms with van der Waals surface area (Å²) in [4.78, 5) is 28.5. The van der Waals surface area contributed by atoms with Crippen LogP contribution in [0.2, 0.25) is 0 Å². The Kier molecular flexibility index (Phi) is 5.23. The minimum absolute atomic E-state index is 0.0359. The lowest BCUT2D eigenvalue weighted by Gasteiger charge is -2.47. The molecule has 26 heavy (non-hydrogen) atoms. The smallest absolute Gasteiger partial charge is 0.257 e. The standard InChI is InChI=1S/C20H28N2O4/c1-14-4-3-5-16(18(14)25)19(26)21-10-8-20(9-11-21)7-6-17(24)22(13-20)12-15(2)23/h3-5,15,23,25H,6-13H2,1-2H3. The molecule has 142 valence electrons. The number of aromatic hydroxyl groups is 1. The molecule has 0 saturated carbocycles. The second-order valence-corrected chi connectivity index (χ2v) is 7.89. The molecule has 6 nitrogen and oxygen atoms in total. The maximum absolute atomic E-state index is 12.8. The summed E-state index contributed by atoms with van der Waals surface area (Å²) in [6.07, 6.45) is 2.52. The number of aliphatic hydroxyl groups excluding tert-OH is 1. The zero-order valence-corrected chi connectivity index (χ0v) is 15.6. The number of aryl methyl sites for hydroxylation is 1. The fourth-order valence-electron chi connectivity index (χ4n) is 4.18. The second-order valence-electron chi connectivity index (χ2n) is 7.89. The molecule has 2 aliphatic heterocycles. The lowest BCUT2D eigenvalue weighted by atomic mass is 9.72. The average Bonchev–Trinajstić information content (AvgIpc) is 2.60. The van der Waals surface area contributed by atoms with Crippen LogP contribution in [0.5, 0.6) is 5.75 Å². The van der Waals surface area contributed by atoms with Gasteiger partial charge in [-0.2, -0.15) is 0 Å². The molecule has 0 bridgehead atoms. The van der Waals surface area contributed by atoms with E-state index in [-0.39, 0.29) is 23.0 Å². The van der Waals surface area contributed by atoms with Gasteiger partial charge in [0.05, 0.1) is 11.7 Å². The number of carbonyl (C=O) groups excluding carboxylic acids is 2. The van der Waals surface area contributed by atoms with Crippen molar-refractivity contribution >= 4 is 11.8 Å². The number of phenols is 1. The van der Waals surface area contributed by atoms with Crippen LogP contribution in [-0.4, -0.2) is 64.1 Å². The number of piperidine rings is 2. The minimum Gasteiger partial charge on any atom is -0.507 e. The number of rotatable bonds is 3. The van der Waals surface area contributed by atoms with Crippen molar-refractivity contribution in [3.05, 3.63) is 29.3 Å². The van der Waals surface area contributed by atoms with Gasteiger partial charge in [-0.25, -0.2) is 0 Å². The van der Waals surface area contributed by atoms with E-state index in [0.717, 1.165) is 19.3 Å². The lowest BCUT2D eigenvalue weighted by molar-refractivity contribution is -0.140. The largest absolute Gasteiger partial charge is 0.507 e. The van der Waals surface area contributed by atoms with Crippen LogP contribution in [0.15, 0.2) is 18.2 Å². The molecule has 2 fully saturated rings. The Morgan fingerprint density at radius 1 is 1.27 bits per heavy atom. The Morgan fingerprint density at radius 3 is 2.62 bits per heavy atom. The number of hydrogen-bond donors (Lipinski definition) is 2. The van der Waals surface area contributed by atoms with Gasteiger partial charge in [0.1, 0.15) is 5.75 Å². The first-order valence-electron chi connectivity index (χ1n) is 9.35. The van der Waals surface area contributed by atoms with E-state index in [4.69, 9.17) is 0 Å². The van der Waals surface area contributed by atoms with Gasteiger partial charge in [-0.3, -0.25) is 9.59 Å². The number of β-amino-alcohol motifs (C(OH)–C–C–N with tert-alkyl or cyclic N) is 1. The summed E-state index contributed by atoms with van der Waals surface area (Å²) >= 11 is 0. The Hall–Kier alpha value is -2.08. The first kappa shape index (κ1) is 18.7. The van der Waals surface area contributed by atoms with Crippen LogP contribution in [0, 0.1) is 12.3 Å². The van der Waals surface area contributed by atoms with Crippen LogP contribution in [0.1, 0.15) is 48.5 Å².